The van der Waals surface area contributed by atoms with E-state index in [1.165, 1.54) is 11.9 Å². The number of hydrogen-bond acceptors (Lipinski definition) is 6. The van der Waals surface area contributed by atoms with Crippen LogP contribution in [-0.2, 0) is 6.42 Å². The van der Waals surface area contributed by atoms with Crippen LogP contribution in [0.3, 0.4) is 0 Å². The molecule has 0 aliphatic heterocycles. The minimum Gasteiger partial charge on any atom is -0.383 e. The van der Waals surface area contributed by atoms with Crippen molar-refractivity contribution in [2.24, 2.45) is 0 Å². The largest absolute Gasteiger partial charge is 0.383 e. The Morgan fingerprint density at radius 1 is 1.12 bits per heavy atom. The lowest BCUT2D eigenvalue weighted by Gasteiger charge is -2.05. The van der Waals surface area contributed by atoms with Crippen LogP contribution in [-0.4, -0.2) is 34.7 Å². The van der Waals surface area contributed by atoms with Gasteiger partial charge < -0.3 is 5.73 Å². The Balaban J connectivity index is 1.78. The average molecular weight is 334 g/mol. The van der Waals surface area contributed by atoms with E-state index < -0.39 is 0 Å². The number of hydrogen-bond donors (Lipinski definition) is 1. The van der Waals surface area contributed by atoms with E-state index in [1.54, 1.807) is 4.68 Å². The lowest BCUT2D eigenvalue weighted by atomic mass is 10.1. The van der Waals surface area contributed by atoms with Gasteiger partial charge >= 0.3 is 0 Å². The Morgan fingerprint density at radius 2 is 1.92 bits per heavy atom. The predicted octanol–water partition coefficient (Wildman–Crippen LogP) is 2.16. The summed E-state index contributed by atoms with van der Waals surface area (Å²) in [6, 6.07) is 10.3. The molecule has 0 saturated heterocycles. The lowest BCUT2D eigenvalue weighted by molar-refractivity contribution is 0.540. The van der Waals surface area contributed by atoms with Crippen LogP contribution in [0.15, 0.2) is 42.9 Å². The molecule has 0 unspecified atom stereocenters. The molecular weight excluding hydrogens is 316 g/mol. The van der Waals surface area contributed by atoms with Crippen LogP contribution in [0.5, 0.6) is 0 Å². The highest BCUT2D eigenvalue weighted by molar-refractivity contribution is 5.92. The average Bonchev–Trinajstić information content (AvgIpc) is 3.21. The van der Waals surface area contributed by atoms with E-state index in [0.29, 0.717) is 29.1 Å². The van der Waals surface area contributed by atoms with Crippen molar-refractivity contribution in [2.45, 2.75) is 26.3 Å². The van der Waals surface area contributed by atoms with Gasteiger partial charge in [-0.1, -0.05) is 35.5 Å². The van der Waals surface area contributed by atoms with Crippen molar-refractivity contribution in [3.05, 3.63) is 54.1 Å². The third kappa shape index (κ3) is 2.71. The molecule has 3 aromatic heterocycles. The number of nitrogens with two attached hydrogens (primary N) is 1. The maximum atomic E-state index is 6.07. The van der Waals surface area contributed by atoms with E-state index >= 15 is 0 Å². The first-order chi connectivity index (χ1) is 12.1. The first kappa shape index (κ1) is 15.3. The Bertz CT molecular complexity index is 1020. The quantitative estimate of drug-likeness (QED) is 0.614. The second-order valence-corrected chi connectivity index (χ2v) is 6.14. The molecule has 0 saturated carbocycles. The molecular formula is C17H18N8. The third-order valence-electron chi connectivity index (χ3n) is 3.97. The van der Waals surface area contributed by atoms with Crippen LogP contribution >= 0.6 is 0 Å². The van der Waals surface area contributed by atoms with Crippen molar-refractivity contribution in [2.75, 3.05) is 5.73 Å². The van der Waals surface area contributed by atoms with Gasteiger partial charge in [0, 0.05) is 12.5 Å². The first-order valence-corrected chi connectivity index (χ1v) is 8.07. The molecule has 4 aromatic rings. The number of nitrogens with zero attached hydrogens (tertiary/aromatic N) is 7. The highest BCUT2D eigenvalue weighted by atomic mass is 15.5. The molecule has 8 nitrogen and oxygen atoms in total. The molecule has 0 amide bonds. The highest BCUT2D eigenvalue weighted by Gasteiger charge is 2.19. The summed E-state index contributed by atoms with van der Waals surface area (Å²) in [5.74, 6) is 0.973. The number of rotatable bonds is 4. The zero-order valence-electron chi connectivity index (χ0n) is 14.0. The van der Waals surface area contributed by atoms with Crippen molar-refractivity contribution < 1.29 is 0 Å². The number of anilines is 1. The van der Waals surface area contributed by atoms with Crippen LogP contribution in [0.4, 0.5) is 5.82 Å². The zero-order valence-corrected chi connectivity index (χ0v) is 14.0. The van der Waals surface area contributed by atoms with Gasteiger partial charge in [0.25, 0.3) is 0 Å². The fourth-order valence-electron chi connectivity index (χ4n) is 2.79. The Kier molecular flexibility index (Phi) is 3.64. The van der Waals surface area contributed by atoms with Gasteiger partial charge in [0.1, 0.15) is 17.5 Å². The summed E-state index contributed by atoms with van der Waals surface area (Å²) in [6.45, 7) is 4.08. The van der Waals surface area contributed by atoms with E-state index in [9.17, 15) is 0 Å². The second-order valence-electron chi connectivity index (χ2n) is 6.14. The molecule has 4 rings (SSSR count). The highest BCUT2D eigenvalue weighted by Crippen LogP contribution is 2.26. The normalized spacial score (nSPS) is 11.5. The SMILES string of the molecule is CC(C)n1nc(-n2cc(Cc3ccccc3)nn2)c2c(N)ncnc21. The van der Waals surface area contributed by atoms with E-state index in [2.05, 4.69) is 37.5 Å². The summed E-state index contributed by atoms with van der Waals surface area (Å²) in [6.07, 6.45) is 4.02. The maximum Gasteiger partial charge on any atom is 0.190 e. The second kappa shape index (κ2) is 5.97. The minimum absolute atomic E-state index is 0.137. The first-order valence-electron chi connectivity index (χ1n) is 8.07. The topological polar surface area (TPSA) is 100 Å². The van der Waals surface area contributed by atoms with Gasteiger partial charge in [0.2, 0.25) is 0 Å². The fourth-order valence-corrected chi connectivity index (χ4v) is 2.79. The van der Waals surface area contributed by atoms with Crippen molar-refractivity contribution in [1.29, 1.82) is 0 Å². The molecule has 0 fully saturated rings. The molecule has 1 aromatic carbocycles. The van der Waals surface area contributed by atoms with Crippen molar-refractivity contribution in [3.63, 3.8) is 0 Å². The van der Waals surface area contributed by atoms with Crippen molar-refractivity contribution in [3.8, 4) is 5.82 Å². The molecule has 2 N–H and O–H groups in total. The summed E-state index contributed by atoms with van der Waals surface area (Å²) < 4.78 is 3.46. The van der Waals surface area contributed by atoms with Gasteiger partial charge in [0.15, 0.2) is 11.5 Å². The number of benzene rings is 1. The van der Waals surface area contributed by atoms with E-state index in [0.717, 1.165) is 5.69 Å². The van der Waals surface area contributed by atoms with Gasteiger partial charge in [-0.25, -0.2) is 14.6 Å². The lowest BCUT2D eigenvalue weighted by Crippen LogP contribution is -2.05. The molecule has 0 atom stereocenters. The van der Waals surface area contributed by atoms with Crippen molar-refractivity contribution >= 4 is 16.9 Å². The maximum absolute atomic E-state index is 6.07. The Labute approximate surface area is 144 Å². The zero-order chi connectivity index (χ0) is 17.4. The summed E-state index contributed by atoms with van der Waals surface area (Å²) in [5.41, 5.74) is 8.80. The predicted molar refractivity (Wildman–Crippen MR) is 94.3 cm³/mol. The molecule has 126 valence electrons. The molecule has 0 spiro atoms. The Morgan fingerprint density at radius 3 is 2.68 bits per heavy atom. The molecule has 0 bridgehead atoms. The molecule has 3 heterocycles. The Hall–Kier alpha value is -3.29. The van der Waals surface area contributed by atoms with Crippen LogP contribution in [0.1, 0.15) is 31.1 Å². The van der Waals surface area contributed by atoms with Gasteiger partial charge in [-0.15, -0.1) is 10.2 Å². The standard InChI is InChI=1S/C17H18N8/c1-11(2)25-16-14(15(18)19-10-20-16)17(22-25)24-9-13(21-23-24)8-12-6-4-3-5-7-12/h3-7,9-11H,8H2,1-2H3,(H2,18,19,20). The molecule has 0 aliphatic rings. The van der Waals surface area contributed by atoms with Gasteiger partial charge in [-0.3, -0.25) is 0 Å². The van der Waals surface area contributed by atoms with Gasteiger partial charge in [-0.2, -0.15) is 4.68 Å². The number of fused-ring (bicyclic) bond motifs is 1. The summed E-state index contributed by atoms with van der Waals surface area (Å²) >= 11 is 0. The smallest absolute Gasteiger partial charge is 0.190 e. The third-order valence-corrected chi connectivity index (χ3v) is 3.97. The van der Waals surface area contributed by atoms with Crippen LogP contribution in [0.25, 0.3) is 16.9 Å². The van der Waals surface area contributed by atoms with E-state index in [-0.39, 0.29) is 6.04 Å². The summed E-state index contributed by atoms with van der Waals surface area (Å²) in [5, 5.41) is 13.8. The van der Waals surface area contributed by atoms with Crippen LogP contribution < -0.4 is 5.73 Å². The monoisotopic (exact) mass is 334 g/mol. The van der Waals surface area contributed by atoms with E-state index in [1.807, 2.05) is 42.9 Å². The van der Waals surface area contributed by atoms with Gasteiger partial charge in [0.05, 0.1) is 11.9 Å². The van der Waals surface area contributed by atoms with Crippen LogP contribution in [0, 0.1) is 0 Å². The number of aromatic nitrogens is 7. The molecule has 0 aliphatic carbocycles. The fraction of sp³-hybridized carbons (Fsp3) is 0.235. The summed E-state index contributed by atoms with van der Waals surface area (Å²) in [4.78, 5) is 8.42. The molecule has 25 heavy (non-hydrogen) atoms. The van der Waals surface area contributed by atoms with Crippen LogP contribution in [0.2, 0.25) is 0 Å². The summed E-state index contributed by atoms with van der Waals surface area (Å²) in [7, 11) is 0. The van der Waals surface area contributed by atoms with E-state index in [4.69, 9.17) is 5.73 Å². The minimum atomic E-state index is 0.137. The van der Waals surface area contributed by atoms with Gasteiger partial charge in [-0.05, 0) is 19.4 Å². The number of nitrogen functional groups attached to an aromatic ring is 1. The molecule has 8 heteroatoms. The molecule has 0 radical (unpaired) electrons. The van der Waals surface area contributed by atoms with Crippen molar-refractivity contribution in [1.82, 2.24) is 34.7 Å².